The van der Waals surface area contributed by atoms with Crippen LogP contribution in [-0.2, 0) is 4.79 Å². The summed E-state index contributed by atoms with van der Waals surface area (Å²) in [5.41, 5.74) is 0. The molecule has 0 spiro atoms. The molecule has 0 aromatic heterocycles. The highest BCUT2D eigenvalue weighted by Gasteiger charge is 1.99. The molecule has 0 atom stereocenters. The molecule has 0 bridgehead atoms. The van der Waals surface area contributed by atoms with Gasteiger partial charge in [-0.3, -0.25) is 4.79 Å². The predicted molar refractivity (Wildman–Crippen MR) is 220 cm³/mol. The highest BCUT2D eigenvalue weighted by Crippen LogP contribution is 2.17. The summed E-state index contributed by atoms with van der Waals surface area (Å²) in [5.74, 6) is -0.648. The standard InChI is InChI=1S/C46H93NO2/c1-2-3-4-5-6-7-8-9-10-20-23-26-29-32-35-38-41-44-47-45-42-39-36-33-30-27-24-21-18-16-14-12-11-13-15-17-19-22-25-28-31-34-37-40-43-46(48)49/h47H,2-45H2,1H3,(H,48,49). The molecule has 0 heterocycles. The molecule has 0 aliphatic heterocycles. The monoisotopic (exact) mass is 692 g/mol. The van der Waals surface area contributed by atoms with Crippen LogP contribution in [0.1, 0.15) is 277 Å². The number of rotatable bonds is 45. The zero-order valence-electron chi connectivity index (χ0n) is 34.0. The zero-order chi connectivity index (χ0) is 35.4. The third-order valence-electron chi connectivity index (χ3n) is 11.0. The average Bonchev–Trinajstić information content (AvgIpc) is 3.10. The van der Waals surface area contributed by atoms with Crippen LogP contribution in [0.4, 0.5) is 0 Å². The van der Waals surface area contributed by atoms with E-state index in [-0.39, 0.29) is 0 Å². The van der Waals surface area contributed by atoms with Gasteiger partial charge >= 0.3 is 5.97 Å². The van der Waals surface area contributed by atoms with E-state index in [0.29, 0.717) is 6.42 Å². The second-order valence-electron chi connectivity index (χ2n) is 16.0. The number of aliphatic carboxylic acids is 1. The van der Waals surface area contributed by atoms with E-state index in [9.17, 15) is 4.79 Å². The van der Waals surface area contributed by atoms with Crippen molar-refractivity contribution in [2.75, 3.05) is 13.1 Å². The Labute approximate surface area is 310 Å². The molecule has 0 unspecified atom stereocenters. The minimum Gasteiger partial charge on any atom is -0.481 e. The fourth-order valence-electron chi connectivity index (χ4n) is 7.52. The van der Waals surface area contributed by atoms with Gasteiger partial charge in [0.25, 0.3) is 0 Å². The third kappa shape index (κ3) is 47.4. The van der Waals surface area contributed by atoms with Crippen molar-refractivity contribution < 1.29 is 9.90 Å². The molecule has 0 aliphatic rings. The van der Waals surface area contributed by atoms with Gasteiger partial charge in [-0.05, 0) is 32.4 Å². The lowest BCUT2D eigenvalue weighted by Gasteiger charge is -2.06. The summed E-state index contributed by atoms with van der Waals surface area (Å²) < 4.78 is 0. The maximum absolute atomic E-state index is 10.5. The van der Waals surface area contributed by atoms with E-state index >= 15 is 0 Å². The fraction of sp³-hybridized carbons (Fsp3) is 0.978. The topological polar surface area (TPSA) is 49.3 Å². The summed E-state index contributed by atoms with van der Waals surface area (Å²) in [4.78, 5) is 10.5. The van der Waals surface area contributed by atoms with Crippen LogP contribution in [0.5, 0.6) is 0 Å². The third-order valence-corrected chi connectivity index (χ3v) is 11.0. The molecule has 0 aromatic rings. The van der Waals surface area contributed by atoms with E-state index in [4.69, 9.17) is 5.11 Å². The lowest BCUT2D eigenvalue weighted by molar-refractivity contribution is -0.137. The van der Waals surface area contributed by atoms with Crippen molar-refractivity contribution in [3.8, 4) is 0 Å². The maximum Gasteiger partial charge on any atom is 0.303 e. The van der Waals surface area contributed by atoms with E-state index in [1.165, 1.54) is 264 Å². The lowest BCUT2D eigenvalue weighted by atomic mass is 10.0. The van der Waals surface area contributed by atoms with E-state index < -0.39 is 5.97 Å². The molecule has 0 rings (SSSR count). The van der Waals surface area contributed by atoms with Crippen LogP contribution >= 0.6 is 0 Å². The highest BCUT2D eigenvalue weighted by atomic mass is 16.4. The summed E-state index contributed by atoms with van der Waals surface area (Å²) in [6, 6.07) is 0. The molecule has 3 nitrogen and oxygen atoms in total. The number of carboxylic acid groups (broad SMARTS) is 1. The molecule has 0 aliphatic carbocycles. The quantitative estimate of drug-likeness (QED) is 0.0625. The average molecular weight is 692 g/mol. The number of nitrogens with one attached hydrogen (secondary N) is 1. The summed E-state index contributed by atoms with van der Waals surface area (Å²) in [7, 11) is 0. The van der Waals surface area contributed by atoms with Gasteiger partial charge in [0, 0.05) is 6.42 Å². The number of carbonyl (C=O) groups is 1. The summed E-state index contributed by atoms with van der Waals surface area (Å²) in [6.45, 7) is 4.78. The van der Waals surface area contributed by atoms with E-state index in [0.717, 1.165) is 12.8 Å². The molecule has 49 heavy (non-hydrogen) atoms. The minimum atomic E-state index is -0.648. The van der Waals surface area contributed by atoms with Crippen LogP contribution in [-0.4, -0.2) is 24.2 Å². The van der Waals surface area contributed by atoms with Crippen molar-refractivity contribution in [3.63, 3.8) is 0 Å². The molecule has 0 radical (unpaired) electrons. The van der Waals surface area contributed by atoms with E-state index in [1.54, 1.807) is 0 Å². The molecule has 0 saturated carbocycles. The van der Waals surface area contributed by atoms with Crippen LogP contribution in [0.15, 0.2) is 0 Å². The SMILES string of the molecule is CCCCCCCCCCCCCCCCCCCNCCCCCCCCCCCCCCCCCCCCCCCCCCC(=O)O. The van der Waals surface area contributed by atoms with Crippen LogP contribution in [0.25, 0.3) is 0 Å². The smallest absolute Gasteiger partial charge is 0.303 e. The van der Waals surface area contributed by atoms with Gasteiger partial charge in [0.2, 0.25) is 0 Å². The van der Waals surface area contributed by atoms with Crippen molar-refractivity contribution in [1.29, 1.82) is 0 Å². The first kappa shape index (κ1) is 48.4. The van der Waals surface area contributed by atoms with Gasteiger partial charge in [-0.25, -0.2) is 0 Å². The molecular formula is C46H93NO2. The van der Waals surface area contributed by atoms with Crippen LogP contribution < -0.4 is 5.32 Å². The van der Waals surface area contributed by atoms with Crippen molar-refractivity contribution in [1.82, 2.24) is 5.32 Å². The second-order valence-corrected chi connectivity index (χ2v) is 16.0. The van der Waals surface area contributed by atoms with Crippen LogP contribution in [0, 0.1) is 0 Å². The Kier molecular flexibility index (Phi) is 44.9. The molecule has 0 aromatic carbocycles. The van der Waals surface area contributed by atoms with Crippen LogP contribution in [0.2, 0.25) is 0 Å². The summed E-state index contributed by atoms with van der Waals surface area (Å²) >= 11 is 0. The summed E-state index contributed by atoms with van der Waals surface area (Å²) in [5, 5.41) is 12.4. The molecule has 0 saturated heterocycles. The molecule has 0 amide bonds. The van der Waals surface area contributed by atoms with Crippen molar-refractivity contribution in [2.24, 2.45) is 0 Å². The second kappa shape index (κ2) is 45.5. The van der Waals surface area contributed by atoms with Gasteiger partial charge in [-0.1, -0.05) is 251 Å². The Morgan fingerprint density at radius 2 is 0.490 bits per heavy atom. The lowest BCUT2D eigenvalue weighted by Crippen LogP contribution is -2.16. The van der Waals surface area contributed by atoms with Gasteiger partial charge in [-0.15, -0.1) is 0 Å². The van der Waals surface area contributed by atoms with Gasteiger partial charge < -0.3 is 10.4 Å². The Hall–Kier alpha value is -0.570. The molecule has 2 N–H and O–H groups in total. The minimum absolute atomic E-state index is 0.346. The first-order chi connectivity index (χ1) is 24.3. The largest absolute Gasteiger partial charge is 0.481 e. The molecule has 3 heteroatoms. The normalized spacial score (nSPS) is 11.5. The van der Waals surface area contributed by atoms with Crippen molar-refractivity contribution in [2.45, 2.75) is 277 Å². The first-order valence-electron chi connectivity index (χ1n) is 23.2. The molecular weight excluding hydrogens is 599 g/mol. The fourth-order valence-corrected chi connectivity index (χ4v) is 7.52. The van der Waals surface area contributed by atoms with E-state index in [1.807, 2.05) is 0 Å². The number of hydrogen-bond acceptors (Lipinski definition) is 2. The Morgan fingerprint density at radius 1 is 0.306 bits per heavy atom. The first-order valence-corrected chi connectivity index (χ1v) is 23.2. The van der Waals surface area contributed by atoms with Crippen LogP contribution in [0.3, 0.4) is 0 Å². The molecule has 0 fully saturated rings. The van der Waals surface area contributed by atoms with Gasteiger partial charge in [0.1, 0.15) is 0 Å². The Balaban J connectivity index is 3.05. The number of carboxylic acids is 1. The Morgan fingerprint density at radius 3 is 0.694 bits per heavy atom. The highest BCUT2D eigenvalue weighted by molar-refractivity contribution is 5.66. The van der Waals surface area contributed by atoms with Gasteiger partial charge in [0.05, 0.1) is 0 Å². The van der Waals surface area contributed by atoms with Gasteiger partial charge in [0.15, 0.2) is 0 Å². The van der Waals surface area contributed by atoms with Gasteiger partial charge in [-0.2, -0.15) is 0 Å². The predicted octanol–water partition coefficient (Wildman–Crippen LogP) is 16.1. The van der Waals surface area contributed by atoms with E-state index in [2.05, 4.69) is 12.2 Å². The number of unbranched alkanes of at least 4 members (excludes halogenated alkanes) is 39. The maximum atomic E-state index is 10.5. The Bertz CT molecular complexity index is 594. The zero-order valence-corrected chi connectivity index (χ0v) is 34.0. The summed E-state index contributed by atoms with van der Waals surface area (Å²) in [6.07, 6.45) is 58.2. The van der Waals surface area contributed by atoms with Crippen molar-refractivity contribution >= 4 is 5.97 Å². The van der Waals surface area contributed by atoms with Crippen molar-refractivity contribution in [3.05, 3.63) is 0 Å². The number of hydrogen-bond donors (Lipinski definition) is 2. The molecule has 294 valence electrons.